The number of unbranched alkanes of at least 4 members (excludes halogenated alkanes) is 1. The van der Waals surface area contributed by atoms with Crippen LogP contribution in [0.5, 0.6) is 0 Å². The molecule has 1 atom stereocenters. The van der Waals surface area contributed by atoms with Gasteiger partial charge in [0.15, 0.2) is 0 Å². The van der Waals surface area contributed by atoms with Crippen LogP contribution in [0.15, 0.2) is 0 Å². The molecule has 0 spiro atoms. The highest BCUT2D eigenvalue weighted by Gasteiger charge is 1.98. The second kappa shape index (κ2) is 5.10. The fourth-order valence-electron chi connectivity index (χ4n) is 0.697. The van der Waals surface area contributed by atoms with E-state index in [0.717, 1.165) is 0 Å². The normalized spacial score (nSPS) is 13.9. The second-order valence-corrected chi connectivity index (χ2v) is 2.42. The van der Waals surface area contributed by atoms with Crippen LogP contribution in [0, 0.1) is 0 Å². The molecule has 0 aromatic heterocycles. The Morgan fingerprint density at radius 3 is 2.38 bits per heavy atom. The summed E-state index contributed by atoms with van der Waals surface area (Å²) in [5, 5.41) is 0. The smallest absolute Gasteiger partial charge is 0.0840 e. The summed E-state index contributed by atoms with van der Waals surface area (Å²) in [6.45, 7) is 4.43. The lowest BCUT2D eigenvalue weighted by molar-refractivity contribution is -0.421. The van der Waals surface area contributed by atoms with Gasteiger partial charge in [0, 0.05) is 0 Å². The van der Waals surface area contributed by atoms with Crippen molar-refractivity contribution in [3.63, 3.8) is 0 Å². The summed E-state index contributed by atoms with van der Waals surface area (Å²) in [7, 11) is 0. The molecule has 0 fully saturated rings. The van der Waals surface area contributed by atoms with Gasteiger partial charge in [-0.2, -0.15) is 0 Å². The van der Waals surface area contributed by atoms with E-state index in [0.29, 0.717) is 6.04 Å². The molecule has 0 aliphatic heterocycles. The van der Waals surface area contributed by atoms with Gasteiger partial charge in [0.05, 0.1) is 6.04 Å². The number of hydrogen-bond acceptors (Lipinski definition) is 0. The maximum atomic E-state index is 3.99. The molecular weight excluding hydrogens is 98.1 g/mol. The van der Waals surface area contributed by atoms with Gasteiger partial charge in [-0.3, -0.25) is 0 Å². The van der Waals surface area contributed by atoms with Crippen LogP contribution in [0.3, 0.4) is 0 Å². The van der Waals surface area contributed by atoms with Gasteiger partial charge in [-0.1, -0.05) is 20.3 Å². The first-order valence-electron chi connectivity index (χ1n) is 3.64. The van der Waals surface area contributed by atoms with E-state index in [2.05, 4.69) is 19.6 Å². The van der Waals surface area contributed by atoms with E-state index >= 15 is 0 Å². The Labute approximate surface area is 52.3 Å². The van der Waals surface area contributed by atoms with Crippen molar-refractivity contribution in [3.05, 3.63) is 0 Å². The highest BCUT2D eigenvalue weighted by Crippen LogP contribution is 1.98. The van der Waals surface area contributed by atoms with Crippen molar-refractivity contribution >= 4 is 0 Å². The molecule has 0 aromatic rings. The van der Waals surface area contributed by atoms with E-state index < -0.39 is 0 Å². The second-order valence-electron chi connectivity index (χ2n) is 2.42. The maximum absolute atomic E-state index is 3.99. The molecule has 0 aliphatic carbocycles. The van der Waals surface area contributed by atoms with E-state index in [9.17, 15) is 0 Å². The lowest BCUT2D eigenvalue weighted by atomic mass is 10.1. The lowest BCUT2D eigenvalue weighted by Gasteiger charge is -2.01. The van der Waals surface area contributed by atoms with E-state index in [1.807, 2.05) is 0 Å². The van der Waals surface area contributed by atoms with Crippen LogP contribution in [0.2, 0.25) is 0 Å². The van der Waals surface area contributed by atoms with Crippen LogP contribution in [0.4, 0.5) is 0 Å². The van der Waals surface area contributed by atoms with Crippen LogP contribution >= 0.6 is 0 Å². The van der Waals surface area contributed by atoms with Crippen LogP contribution in [-0.4, -0.2) is 6.04 Å². The fraction of sp³-hybridized carbons (Fsp3) is 1.00. The van der Waals surface area contributed by atoms with Gasteiger partial charge in [0.2, 0.25) is 0 Å². The van der Waals surface area contributed by atoms with Crippen molar-refractivity contribution in [1.82, 2.24) is 0 Å². The minimum absolute atomic E-state index is 0.704. The third-order valence-corrected chi connectivity index (χ3v) is 1.54. The first kappa shape index (κ1) is 7.96. The Bertz CT molecular complexity index is 43.7. The zero-order valence-corrected chi connectivity index (χ0v) is 6.11. The third kappa shape index (κ3) is 4.13. The Balaban J connectivity index is 2.86. The first-order valence-corrected chi connectivity index (χ1v) is 3.64. The van der Waals surface area contributed by atoms with E-state index in [1.54, 1.807) is 0 Å². The first-order chi connectivity index (χ1) is 3.81. The molecule has 0 saturated carbocycles. The van der Waals surface area contributed by atoms with Gasteiger partial charge in [-0.25, -0.2) is 0 Å². The quantitative estimate of drug-likeness (QED) is 0.571. The van der Waals surface area contributed by atoms with E-state index in [1.165, 1.54) is 25.7 Å². The maximum Gasteiger partial charge on any atom is 0.0840 e. The molecule has 0 unspecified atom stereocenters. The van der Waals surface area contributed by atoms with Crippen molar-refractivity contribution in [1.29, 1.82) is 0 Å². The van der Waals surface area contributed by atoms with Gasteiger partial charge in [-0.05, 0) is 19.3 Å². The van der Waals surface area contributed by atoms with Crippen molar-refractivity contribution in [2.75, 3.05) is 0 Å². The summed E-state index contributed by atoms with van der Waals surface area (Å²) in [5.74, 6) is 0. The molecule has 0 amide bonds. The summed E-state index contributed by atoms with van der Waals surface area (Å²) in [5.41, 5.74) is 3.99. The molecule has 0 aliphatic rings. The van der Waals surface area contributed by atoms with Gasteiger partial charge in [0.1, 0.15) is 0 Å². The largest absolute Gasteiger partial charge is 0.355 e. The Morgan fingerprint density at radius 2 is 2.00 bits per heavy atom. The molecule has 0 rings (SSSR count). The van der Waals surface area contributed by atoms with Gasteiger partial charge in [-0.15, -0.1) is 0 Å². The molecule has 8 heavy (non-hydrogen) atoms. The van der Waals surface area contributed by atoms with Crippen molar-refractivity contribution < 1.29 is 5.73 Å². The number of hydrogen-bond donors (Lipinski definition) is 1. The lowest BCUT2D eigenvalue weighted by Crippen LogP contribution is -2.60. The van der Waals surface area contributed by atoms with Crippen molar-refractivity contribution in [2.24, 2.45) is 0 Å². The Kier molecular flexibility index (Phi) is 5.08. The summed E-state index contributed by atoms with van der Waals surface area (Å²) >= 11 is 0. The Morgan fingerprint density at radius 1 is 1.38 bits per heavy atom. The van der Waals surface area contributed by atoms with Gasteiger partial charge >= 0.3 is 0 Å². The highest BCUT2D eigenvalue weighted by molar-refractivity contribution is 4.48. The van der Waals surface area contributed by atoms with Crippen LogP contribution in [0.1, 0.15) is 39.5 Å². The monoisotopic (exact) mass is 116 g/mol. The molecule has 0 radical (unpaired) electrons. The summed E-state index contributed by atoms with van der Waals surface area (Å²) in [4.78, 5) is 0. The SMILES string of the molecule is CCCC[C@@H]([NH3+])CC. The molecule has 0 bridgehead atoms. The molecule has 0 saturated heterocycles. The fourth-order valence-corrected chi connectivity index (χ4v) is 0.697. The van der Waals surface area contributed by atoms with Gasteiger partial charge in [0.25, 0.3) is 0 Å². The third-order valence-electron chi connectivity index (χ3n) is 1.54. The number of quaternary nitrogens is 1. The standard InChI is InChI=1S/C7H17N/c1-3-5-6-7(8)4-2/h7H,3-6,8H2,1-2H3/p+1/t7-/m0/s1. The summed E-state index contributed by atoms with van der Waals surface area (Å²) in [6.07, 6.45) is 5.21. The van der Waals surface area contributed by atoms with E-state index in [-0.39, 0.29) is 0 Å². The van der Waals surface area contributed by atoms with Gasteiger partial charge < -0.3 is 5.73 Å². The summed E-state index contributed by atoms with van der Waals surface area (Å²) < 4.78 is 0. The predicted octanol–water partition coefficient (Wildman–Crippen LogP) is 1.20. The highest BCUT2D eigenvalue weighted by atomic mass is 14.6. The average Bonchev–Trinajstić information content (AvgIpc) is 1.83. The molecule has 3 N–H and O–H groups in total. The number of rotatable bonds is 4. The minimum atomic E-state index is 0.704. The van der Waals surface area contributed by atoms with Crippen molar-refractivity contribution in [3.8, 4) is 0 Å². The molecule has 1 nitrogen and oxygen atoms in total. The molecule has 0 heterocycles. The predicted molar refractivity (Wildman–Crippen MR) is 36.5 cm³/mol. The topological polar surface area (TPSA) is 27.6 Å². The molecule has 0 aromatic carbocycles. The zero-order valence-electron chi connectivity index (χ0n) is 6.11. The molecular formula is C7H18N+. The van der Waals surface area contributed by atoms with Crippen molar-refractivity contribution in [2.45, 2.75) is 45.6 Å². The Hall–Kier alpha value is -0.0400. The van der Waals surface area contributed by atoms with Crippen LogP contribution < -0.4 is 5.73 Å². The molecule has 50 valence electrons. The average molecular weight is 116 g/mol. The van der Waals surface area contributed by atoms with E-state index in [4.69, 9.17) is 0 Å². The van der Waals surface area contributed by atoms with Crippen LogP contribution in [0.25, 0.3) is 0 Å². The molecule has 1 heteroatoms. The van der Waals surface area contributed by atoms with Crippen LogP contribution in [-0.2, 0) is 0 Å². The zero-order chi connectivity index (χ0) is 6.41. The minimum Gasteiger partial charge on any atom is -0.355 e. The summed E-state index contributed by atoms with van der Waals surface area (Å²) in [6, 6.07) is 0.704.